The highest BCUT2D eigenvalue weighted by Crippen LogP contribution is 2.10. The highest BCUT2D eigenvalue weighted by molar-refractivity contribution is 5.68. The van der Waals surface area contributed by atoms with Crippen LogP contribution in [0.2, 0.25) is 0 Å². The summed E-state index contributed by atoms with van der Waals surface area (Å²) in [6.45, 7) is 9.11. The second-order valence-corrected chi connectivity index (χ2v) is 5.93. The maximum atomic E-state index is 11.8. The van der Waals surface area contributed by atoms with Crippen LogP contribution in [0, 0.1) is 0 Å². The van der Waals surface area contributed by atoms with Gasteiger partial charge in [0.2, 0.25) is 0 Å². The molecule has 2 atom stereocenters. The summed E-state index contributed by atoms with van der Waals surface area (Å²) in [4.78, 5) is 11.8. The van der Waals surface area contributed by atoms with E-state index in [0.29, 0.717) is 6.61 Å². The number of rotatable bonds is 7. The van der Waals surface area contributed by atoms with Crippen molar-refractivity contribution in [3.8, 4) is 0 Å². The number of aliphatic hydroxyl groups excluding tert-OH is 1. The fourth-order valence-electron chi connectivity index (χ4n) is 1.81. The molecule has 0 aliphatic rings. The van der Waals surface area contributed by atoms with Gasteiger partial charge in [0, 0.05) is 0 Å². The van der Waals surface area contributed by atoms with E-state index < -0.39 is 23.8 Å². The smallest absolute Gasteiger partial charge is 0.408 e. The Labute approximate surface area is 131 Å². The Hall–Kier alpha value is -1.85. The van der Waals surface area contributed by atoms with Gasteiger partial charge in [-0.2, -0.15) is 0 Å². The third-order valence-corrected chi connectivity index (χ3v) is 2.81. The largest absolute Gasteiger partial charge is 0.444 e. The summed E-state index contributed by atoms with van der Waals surface area (Å²) in [5.41, 5.74) is 0.405. The Morgan fingerprint density at radius 2 is 2.00 bits per heavy atom. The van der Waals surface area contributed by atoms with Gasteiger partial charge in [-0.15, -0.1) is 6.58 Å². The molecule has 1 aromatic rings. The van der Waals surface area contributed by atoms with Crippen LogP contribution in [0.1, 0.15) is 26.3 Å². The van der Waals surface area contributed by atoms with E-state index in [0.717, 1.165) is 5.56 Å². The zero-order valence-electron chi connectivity index (χ0n) is 13.4. The molecule has 5 nitrogen and oxygen atoms in total. The van der Waals surface area contributed by atoms with Crippen LogP contribution in [0.25, 0.3) is 0 Å². The summed E-state index contributed by atoms with van der Waals surface area (Å²) in [5, 5.41) is 12.1. The van der Waals surface area contributed by atoms with Crippen LogP contribution in [-0.2, 0) is 16.1 Å². The number of alkyl carbamates (subject to hydrolysis) is 1. The first-order valence-electron chi connectivity index (χ1n) is 7.24. The van der Waals surface area contributed by atoms with E-state index in [-0.39, 0.29) is 6.61 Å². The minimum absolute atomic E-state index is 0.273. The maximum absolute atomic E-state index is 11.8. The van der Waals surface area contributed by atoms with Gasteiger partial charge in [-0.05, 0) is 26.3 Å². The molecular formula is C17H25NO4. The van der Waals surface area contributed by atoms with E-state index in [1.807, 2.05) is 30.3 Å². The lowest BCUT2D eigenvalue weighted by molar-refractivity contribution is 0.0150. The lowest BCUT2D eigenvalue weighted by Crippen LogP contribution is -2.47. The second-order valence-electron chi connectivity index (χ2n) is 5.93. The molecule has 0 aromatic heterocycles. The summed E-state index contributed by atoms with van der Waals surface area (Å²) in [6, 6.07) is 9.03. The van der Waals surface area contributed by atoms with Crippen molar-refractivity contribution in [1.29, 1.82) is 0 Å². The zero-order chi connectivity index (χ0) is 16.6. The maximum Gasteiger partial charge on any atom is 0.408 e. The standard InChI is InChI=1S/C17H25NO4/c1-5-15(21-12-13-9-7-6-8-10-13)14(11-19)18-16(20)22-17(2,3)4/h5-10,14-15,19H,1,11-12H2,2-4H3,(H,18,20)/t14-,15+/m0/s1. The van der Waals surface area contributed by atoms with Crippen LogP contribution in [-0.4, -0.2) is 35.6 Å². The monoisotopic (exact) mass is 307 g/mol. The quantitative estimate of drug-likeness (QED) is 0.760. The Morgan fingerprint density at radius 3 is 2.50 bits per heavy atom. The molecule has 122 valence electrons. The number of amides is 1. The average Bonchev–Trinajstić information content (AvgIpc) is 2.45. The molecule has 1 aromatic carbocycles. The Bertz CT molecular complexity index is 467. The van der Waals surface area contributed by atoms with Gasteiger partial charge < -0.3 is 19.9 Å². The number of hydrogen-bond donors (Lipinski definition) is 2. The van der Waals surface area contributed by atoms with E-state index >= 15 is 0 Å². The highest BCUT2D eigenvalue weighted by atomic mass is 16.6. The molecule has 0 aliphatic heterocycles. The van der Waals surface area contributed by atoms with Gasteiger partial charge in [0.25, 0.3) is 0 Å². The molecule has 0 radical (unpaired) electrons. The number of aliphatic hydroxyl groups is 1. The molecular weight excluding hydrogens is 282 g/mol. The van der Waals surface area contributed by atoms with Crippen LogP contribution in [0.3, 0.4) is 0 Å². The summed E-state index contributed by atoms with van der Waals surface area (Å²) in [6.07, 6.45) is 0.445. The molecule has 5 heteroatoms. The predicted octanol–water partition coefficient (Wildman–Crippen LogP) is 2.64. The third kappa shape index (κ3) is 6.74. The molecule has 1 amide bonds. The van der Waals surface area contributed by atoms with Gasteiger partial charge in [0.05, 0.1) is 25.4 Å². The van der Waals surface area contributed by atoms with Gasteiger partial charge in [0.1, 0.15) is 5.60 Å². The van der Waals surface area contributed by atoms with Crippen LogP contribution in [0.5, 0.6) is 0 Å². The first kappa shape index (κ1) is 18.2. The number of nitrogens with one attached hydrogen (secondary N) is 1. The first-order chi connectivity index (χ1) is 10.4. The molecule has 0 aliphatic carbocycles. The minimum Gasteiger partial charge on any atom is -0.444 e. The van der Waals surface area contributed by atoms with Crippen LogP contribution >= 0.6 is 0 Å². The molecule has 0 heterocycles. The second kappa shape index (κ2) is 8.56. The SMILES string of the molecule is C=C[C@@H](OCc1ccccc1)[C@H](CO)NC(=O)OC(C)(C)C. The van der Waals surface area contributed by atoms with Crippen LogP contribution in [0.15, 0.2) is 43.0 Å². The summed E-state index contributed by atoms with van der Waals surface area (Å²) in [5.74, 6) is 0. The highest BCUT2D eigenvalue weighted by Gasteiger charge is 2.24. The van der Waals surface area contributed by atoms with Crippen molar-refractivity contribution in [1.82, 2.24) is 5.32 Å². The van der Waals surface area contributed by atoms with E-state index in [2.05, 4.69) is 11.9 Å². The van der Waals surface area contributed by atoms with Crippen molar-refractivity contribution in [2.75, 3.05) is 6.61 Å². The van der Waals surface area contributed by atoms with E-state index in [1.54, 1.807) is 26.8 Å². The predicted molar refractivity (Wildman–Crippen MR) is 85.5 cm³/mol. The van der Waals surface area contributed by atoms with Crippen molar-refractivity contribution >= 4 is 6.09 Å². The average molecular weight is 307 g/mol. The minimum atomic E-state index is -0.615. The number of benzene rings is 1. The van der Waals surface area contributed by atoms with Gasteiger partial charge in [-0.25, -0.2) is 4.79 Å². The molecule has 0 fully saturated rings. The third-order valence-electron chi connectivity index (χ3n) is 2.81. The number of carbonyl (C=O) groups excluding carboxylic acids is 1. The Balaban J connectivity index is 2.57. The van der Waals surface area contributed by atoms with Gasteiger partial charge >= 0.3 is 6.09 Å². The molecule has 0 saturated heterocycles. The van der Waals surface area contributed by atoms with Crippen molar-refractivity contribution in [2.24, 2.45) is 0 Å². The summed E-state index contributed by atoms with van der Waals surface area (Å²) in [7, 11) is 0. The van der Waals surface area contributed by atoms with Gasteiger partial charge in [0.15, 0.2) is 0 Å². The molecule has 0 spiro atoms. The lowest BCUT2D eigenvalue weighted by Gasteiger charge is -2.26. The Morgan fingerprint density at radius 1 is 1.36 bits per heavy atom. The lowest BCUT2D eigenvalue weighted by atomic mass is 10.1. The fraction of sp³-hybridized carbons (Fsp3) is 0.471. The Kier molecular flexibility index (Phi) is 7.08. The molecule has 0 saturated carbocycles. The summed E-state index contributed by atoms with van der Waals surface area (Å²) >= 11 is 0. The zero-order valence-corrected chi connectivity index (χ0v) is 13.4. The van der Waals surface area contributed by atoms with Crippen molar-refractivity contribution < 1.29 is 19.4 Å². The molecule has 22 heavy (non-hydrogen) atoms. The molecule has 0 bridgehead atoms. The number of ether oxygens (including phenoxy) is 2. The molecule has 1 rings (SSSR count). The number of hydrogen-bond acceptors (Lipinski definition) is 4. The summed E-state index contributed by atoms with van der Waals surface area (Å²) < 4.78 is 10.9. The van der Waals surface area contributed by atoms with Gasteiger partial charge in [-0.3, -0.25) is 0 Å². The number of carbonyl (C=O) groups is 1. The van der Waals surface area contributed by atoms with Gasteiger partial charge in [-0.1, -0.05) is 36.4 Å². The normalized spacial score (nSPS) is 14.0. The molecule has 0 unspecified atom stereocenters. The van der Waals surface area contributed by atoms with Crippen molar-refractivity contribution in [2.45, 2.75) is 45.1 Å². The molecule has 2 N–H and O–H groups in total. The van der Waals surface area contributed by atoms with E-state index in [4.69, 9.17) is 9.47 Å². The van der Waals surface area contributed by atoms with Crippen LogP contribution < -0.4 is 5.32 Å². The fourth-order valence-corrected chi connectivity index (χ4v) is 1.81. The van der Waals surface area contributed by atoms with E-state index in [9.17, 15) is 9.90 Å². The van der Waals surface area contributed by atoms with E-state index in [1.165, 1.54) is 0 Å². The topological polar surface area (TPSA) is 67.8 Å². The van der Waals surface area contributed by atoms with Crippen LogP contribution in [0.4, 0.5) is 4.79 Å². The van der Waals surface area contributed by atoms with Crippen molar-refractivity contribution in [3.63, 3.8) is 0 Å². The first-order valence-corrected chi connectivity index (χ1v) is 7.24. The van der Waals surface area contributed by atoms with Crippen molar-refractivity contribution in [3.05, 3.63) is 48.6 Å².